The lowest BCUT2D eigenvalue weighted by Gasteiger charge is -2.20. The number of hydrogen-bond donors (Lipinski definition) is 1. The number of amides is 1. The quantitative estimate of drug-likeness (QED) is 0.873. The number of ether oxygens (including phenoxy) is 2. The van der Waals surface area contributed by atoms with Crippen molar-refractivity contribution in [3.8, 4) is 5.75 Å². The SMILES string of the molecule is CC(C)Oc1ccc(C(C)NC(=O)COC(C)(C)C)cc1. The Morgan fingerprint density at radius 3 is 2.19 bits per heavy atom. The second-order valence-electron chi connectivity index (χ2n) is 6.43. The predicted octanol–water partition coefficient (Wildman–Crippen LogP) is 3.47. The standard InChI is InChI=1S/C17H27NO3/c1-12(2)21-15-9-7-14(8-10-15)13(3)18-16(19)11-20-17(4,5)6/h7-10,12-13H,11H2,1-6H3,(H,18,19). The molecule has 1 aromatic rings. The van der Waals surface area contributed by atoms with Gasteiger partial charge in [0.05, 0.1) is 17.7 Å². The maximum atomic E-state index is 11.8. The van der Waals surface area contributed by atoms with Crippen molar-refractivity contribution in [2.45, 2.75) is 59.3 Å². The van der Waals surface area contributed by atoms with Crippen molar-refractivity contribution in [2.75, 3.05) is 6.61 Å². The van der Waals surface area contributed by atoms with Gasteiger partial charge < -0.3 is 14.8 Å². The van der Waals surface area contributed by atoms with E-state index in [2.05, 4.69) is 5.32 Å². The third-order valence-electron chi connectivity index (χ3n) is 2.77. The van der Waals surface area contributed by atoms with E-state index in [1.807, 2.05) is 65.8 Å². The van der Waals surface area contributed by atoms with E-state index in [4.69, 9.17) is 9.47 Å². The smallest absolute Gasteiger partial charge is 0.246 e. The van der Waals surface area contributed by atoms with E-state index in [-0.39, 0.29) is 30.3 Å². The zero-order valence-electron chi connectivity index (χ0n) is 13.9. The molecule has 0 saturated heterocycles. The van der Waals surface area contributed by atoms with Gasteiger partial charge in [-0.15, -0.1) is 0 Å². The van der Waals surface area contributed by atoms with Gasteiger partial charge >= 0.3 is 0 Å². The van der Waals surface area contributed by atoms with Crippen LogP contribution in [0.5, 0.6) is 5.75 Å². The number of rotatable bonds is 6. The van der Waals surface area contributed by atoms with Crippen LogP contribution in [0.2, 0.25) is 0 Å². The molecule has 0 bridgehead atoms. The maximum Gasteiger partial charge on any atom is 0.246 e. The first-order chi connectivity index (χ1) is 9.67. The van der Waals surface area contributed by atoms with Gasteiger partial charge in [0.25, 0.3) is 0 Å². The van der Waals surface area contributed by atoms with Crippen LogP contribution < -0.4 is 10.1 Å². The Bertz CT molecular complexity index is 446. The molecule has 0 fully saturated rings. The first-order valence-electron chi connectivity index (χ1n) is 7.37. The molecule has 1 atom stereocenters. The van der Waals surface area contributed by atoms with E-state index in [1.54, 1.807) is 0 Å². The molecule has 0 saturated carbocycles. The zero-order chi connectivity index (χ0) is 16.0. The summed E-state index contributed by atoms with van der Waals surface area (Å²) >= 11 is 0. The first-order valence-corrected chi connectivity index (χ1v) is 7.37. The van der Waals surface area contributed by atoms with Gasteiger partial charge in [0.1, 0.15) is 12.4 Å². The molecule has 0 aliphatic carbocycles. The topological polar surface area (TPSA) is 47.6 Å². The van der Waals surface area contributed by atoms with Gasteiger partial charge in [-0.1, -0.05) is 12.1 Å². The van der Waals surface area contributed by atoms with Crippen molar-refractivity contribution in [1.29, 1.82) is 0 Å². The fourth-order valence-electron chi connectivity index (χ4n) is 1.76. The number of hydrogen-bond acceptors (Lipinski definition) is 3. The summed E-state index contributed by atoms with van der Waals surface area (Å²) in [6.45, 7) is 11.8. The molecule has 1 aromatic carbocycles. The van der Waals surface area contributed by atoms with Gasteiger partial charge in [-0.05, 0) is 59.2 Å². The highest BCUT2D eigenvalue weighted by Gasteiger charge is 2.15. The average molecular weight is 293 g/mol. The lowest BCUT2D eigenvalue weighted by Crippen LogP contribution is -2.33. The molecular formula is C17H27NO3. The van der Waals surface area contributed by atoms with Gasteiger partial charge in [-0.3, -0.25) is 4.79 Å². The molecule has 1 N–H and O–H groups in total. The van der Waals surface area contributed by atoms with Gasteiger partial charge in [-0.25, -0.2) is 0 Å². The molecule has 0 radical (unpaired) electrons. The van der Waals surface area contributed by atoms with Gasteiger partial charge in [0.15, 0.2) is 0 Å². The molecule has 0 heterocycles. The van der Waals surface area contributed by atoms with Gasteiger partial charge in [0, 0.05) is 0 Å². The number of benzene rings is 1. The van der Waals surface area contributed by atoms with Crippen LogP contribution in [0.25, 0.3) is 0 Å². The van der Waals surface area contributed by atoms with E-state index in [1.165, 1.54) is 0 Å². The largest absolute Gasteiger partial charge is 0.491 e. The summed E-state index contributed by atoms with van der Waals surface area (Å²) in [6, 6.07) is 7.71. The van der Waals surface area contributed by atoms with E-state index in [0.717, 1.165) is 11.3 Å². The van der Waals surface area contributed by atoms with Crippen LogP contribution in [-0.2, 0) is 9.53 Å². The fourth-order valence-corrected chi connectivity index (χ4v) is 1.76. The second kappa shape index (κ2) is 7.46. The Morgan fingerprint density at radius 1 is 1.14 bits per heavy atom. The highest BCUT2D eigenvalue weighted by molar-refractivity contribution is 5.77. The molecule has 1 amide bonds. The Morgan fingerprint density at radius 2 is 1.71 bits per heavy atom. The van der Waals surface area contributed by atoms with E-state index >= 15 is 0 Å². The highest BCUT2D eigenvalue weighted by atomic mass is 16.5. The van der Waals surface area contributed by atoms with Crippen LogP contribution in [0.15, 0.2) is 24.3 Å². The van der Waals surface area contributed by atoms with Crippen LogP contribution in [0.3, 0.4) is 0 Å². The summed E-state index contributed by atoms with van der Waals surface area (Å²) in [5.74, 6) is 0.725. The number of nitrogens with one attached hydrogen (secondary N) is 1. The molecule has 0 aliphatic rings. The molecular weight excluding hydrogens is 266 g/mol. The number of carbonyl (C=O) groups excluding carboxylic acids is 1. The molecule has 118 valence electrons. The summed E-state index contributed by atoms with van der Waals surface area (Å²) in [4.78, 5) is 11.8. The Labute approximate surface area is 127 Å². The van der Waals surface area contributed by atoms with Crippen molar-refractivity contribution < 1.29 is 14.3 Å². The van der Waals surface area contributed by atoms with Gasteiger partial charge in [-0.2, -0.15) is 0 Å². The van der Waals surface area contributed by atoms with Crippen molar-refractivity contribution in [2.24, 2.45) is 0 Å². The van der Waals surface area contributed by atoms with E-state index in [0.29, 0.717) is 0 Å². The van der Waals surface area contributed by atoms with Crippen molar-refractivity contribution in [3.63, 3.8) is 0 Å². The van der Waals surface area contributed by atoms with Crippen molar-refractivity contribution >= 4 is 5.91 Å². The minimum absolute atomic E-state index is 0.0610. The highest BCUT2D eigenvalue weighted by Crippen LogP contribution is 2.18. The summed E-state index contributed by atoms with van der Waals surface area (Å²) in [5, 5.41) is 2.92. The molecule has 4 nitrogen and oxygen atoms in total. The van der Waals surface area contributed by atoms with Crippen LogP contribution in [-0.4, -0.2) is 24.2 Å². The average Bonchev–Trinajstić information content (AvgIpc) is 2.35. The molecule has 0 aromatic heterocycles. The molecule has 1 unspecified atom stereocenters. The molecule has 0 aliphatic heterocycles. The van der Waals surface area contributed by atoms with Crippen LogP contribution in [0, 0.1) is 0 Å². The van der Waals surface area contributed by atoms with Crippen LogP contribution in [0.1, 0.15) is 53.1 Å². The van der Waals surface area contributed by atoms with Crippen LogP contribution >= 0.6 is 0 Å². The summed E-state index contributed by atoms with van der Waals surface area (Å²) < 4.78 is 11.1. The summed E-state index contributed by atoms with van der Waals surface area (Å²) in [6.07, 6.45) is 0.155. The first kappa shape index (κ1) is 17.5. The minimum atomic E-state index is -0.309. The Balaban J connectivity index is 2.51. The van der Waals surface area contributed by atoms with E-state index < -0.39 is 0 Å². The predicted molar refractivity (Wildman–Crippen MR) is 84.5 cm³/mol. The lowest BCUT2D eigenvalue weighted by molar-refractivity contribution is -0.131. The Hall–Kier alpha value is -1.55. The van der Waals surface area contributed by atoms with Crippen molar-refractivity contribution in [3.05, 3.63) is 29.8 Å². The minimum Gasteiger partial charge on any atom is -0.491 e. The molecule has 21 heavy (non-hydrogen) atoms. The maximum absolute atomic E-state index is 11.8. The third kappa shape index (κ3) is 7.14. The van der Waals surface area contributed by atoms with E-state index in [9.17, 15) is 4.79 Å². The number of carbonyl (C=O) groups is 1. The van der Waals surface area contributed by atoms with Crippen molar-refractivity contribution in [1.82, 2.24) is 5.32 Å². The molecule has 1 rings (SSSR count). The molecule has 0 spiro atoms. The lowest BCUT2D eigenvalue weighted by atomic mass is 10.1. The normalized spacial score (nSPS) is 13.1. The summed E-state index contributed by atoms with van der Waals surface area (Å²) in [5.41, 5.74) is 0.728. The third-order valence-corrected chi connectivity index (χ3v) is 2.77. The molecule has 4 heteroatoms. The van der Waals surface area contributed by atoms with Gasteiger partial charge in [0.2, 0.25) is 5.91 Å². The second-order valence-corrected chi connectivity index (χ2v) is 6.43. The van der Waals surface area contributed by atoms with Crippen LogP contribution in [0.4, 0.5) is 0 Å². The zero-order valence-corrected chi connectivity index (χ0v) is 13.9. The summed E-state index contributed by atoms with van der Waals surface area (Å²) in [7, 11) is 0. The Kier molecular flexibility index (Phi) is 6.21. The monoisotopic (exact) mass is 293 g/mol. The fraction of sp³-hybridized carbons (Fsp3) is 0.588.